The maximum absolute atomic E-state index is 11.7. The number of rotatable bonds is 7. The predicted octanol–water partition coefficient (Wildman–Crippen LogP) is 1.09. The van der Waals surface area contributed by atoms with Crippen LogP contribution < -0.4 is 10.5 Å². The van der Waals surface area contributed by atoms with Gasteiger partial charge in [0.1, 0.15) is 4.90 Å². The Balaban J connectivity index is 2.53. The molecule has 1 rings (SSSR count). The number of ether oxygens (including phenoxy) is 1. The monoisotopic (exact) mass is 368 g/mol. The van der Waals surface area contributed by atoms with Gasteiger partial charge in [-0.2, -0.15) is 0 Å². The smallest absolute Gasteiger partial charge is 0.287 e. The summed E-state index contributed by atoms with van der Waals surface area (Å²) in [5.41, 5.74) is 0. The highest BCUT2D eigenvalue weighted by Crippen LogP contribution is 2.24. The van der Waals surface area contributed by atoms with Crippen molar-refractivity contribution in [2.24, 2.45) is 11.1 Å². The largest absolute Gasteiger partial charge is 0.443 e. The average Bonchev–Trinajstić information content (AvgIpc) is 2.70. The molecule has 3 N–H and O–H groups in total. The molecule has 0 bridgehead atoms. The number of hydrogen-bond donors (Lipinski definition) is 2. The van der Waals surface area contributed by atoms with Gasteiger partial charge >= 0.3 is 0 Å². The van der Waals surface area contributed by atoms with Crippen molar-refractivity contribution in [2.45, 2.75) is 18.7 Å². The number of hydrogen-bond acceptors (Lipinski definition) is 5. The summed E-state index contributed by atoms with van der Waals surface area (Å²) in [7, 11) is -3.93. The number of amides is 1. The number of halogens is 1. The van der Waals surface area contributed by atoms with E-state index in [9.17, 15) is 13.2 Å². The zero-order valence-corrected chi connectivity index (χ0v) is 13.6. The van der Waals surface area contributed by atoms with Crippen LogP contribution in [0.5, 0.6) is 0 Å². The molecule has 1 aromatic heterocycles. The molecule has 7 nitrogen and oxygen atoms in total. The van der Waals surface area contributed by atoms with E-state index in [1.54, 1.807) is 0 Å². The maximum Gasteiger partial charge on any atom is 0.287 e. The first-order valence-electron chi connectivity index (χ1n) is 5.90. The summed E-state index contributed by atoms with van der Waals surface area (Å²) in [5.74, 6) is -0.248. The number of furan rings is 1. The lowest BCUT2D eigenvalue weighted by molar-refractivity contribution is 0.0862. The van der Waals surface area contributed by atoms with E-state index in [0.717, 1.165) is 6.07 Å². The molecular weight excluding hydrogens is 352 g/mol. The molecule has 0 aliphatic rings. The molecule has 0 atom stereocenters. The Hall–Kier alpha value is -0.900. The second kappa shape index (κ2) is 7.21. The fourth-order valence-electron chi connectivity index (χ4n) is 1.30. The van der Waals surface area contributed by atoms with Gasteiger partial charge in [-0.1, -0.05) is 13.8 Å². The lowest BCUT2D eigenvalue weighted by atomic mass is 10.2. The summed E-state index contributed by atoms with van der Waals surface area (Å²) < 4.78 is 32.6. The van der Waals surface area contributed by atoms with Gasteiger partial charge in [-0.05, 0) is 21.8 Å². The number of sulfonamides is 1. The zero-order chi connectivity index (χ0) is 15.3. The summed E-state index contributed by atoms with van der Waals surface area (Å²) in [5, 5.41) is 7.52. The van der Waals surface area contributed by atoms with Crippen LogP contribution in [0.3, 0.4) is 0 Å². The van der Waals surface area contributed by atoms with Gasteiger partial charge in [0, 0.05) is 19.2 Å². The van der Waals surface area contributed by atoms with Crippen molar-refractivity contribution >= 4 is 31.9 Å². The van der Waals surface area contributed by atoms with Crippen molar-refractivity contribution in [3.8, 4) is 0 Å². The van der Waals surface area contributed by atoms with Crippen molar-refractivity contribution in [3.63, 3.8) is 0 Å². The van der Waals surface area contributed by atoms with E-state index in [2.05, 4.69) is 21.2 Å². The van der Waals surface area contributed by atoms with E-state index in [0.29, 0.717) is 25.7 Å². The van der Waals surface area contributed by atoms with Gasteiger partial charge in [0.05, 0.1) is 6.61 Å². The minimum absolute atomic E-state index is 0.0961. The fraction of sp³-hybridized carbons (Fsp3) is 0.545. The third-order valence-corrected chi connectivity index (χ3v) is 3.94. The molecule has 114 valence electrons. The van der Waals surface area contributed by atoms with E-state index in [-0.39, 0.29) is 15.3 Å². The molecule has 0 aliphatic heterocycles. The summed E-state index contributed by atoms with van der Waals surface area (Å²) in [4.78, 5) is 11.5. The number of carbonyl (C=O) groups excluding carboxylic acids is 1. The average molecular weight is 369 g/mol. The first-order chi connectivity index (χ1) is 9.21. The molecule has 0 saturated heterocycles. The van der Waals surface area contributed by atoms with Crippen LogP contribution in [0, 0.1) is 5.92 Å². The zero-order valence-electron chi connectivity index (χ0n) is 11.2. The van der Waals surface area contributed by atoms with Crippen LogP contribution in [0.25, 0.3) is 0 Å². The molecule has 0 aromatic carbocycles. The normalized spacial score (nSPS) is 11.8. The van der Waals surface area contributed by atoms with Gasteiger partial charge in [-0.15, -0.1) is 0 Å². The first-order valence-corrected chi connectivity index (χ1v) is 8.24. The van der Waals surface area contributed by atoms with Crippen LogP contribution in [0.15, 0.2) is 20.0 Å². The number of nitrogens with one attached hydrogen (secondary N) is 1. The third kappa shape index (κ3) is 5.23. The molecule has 0 spiro atoms. The topological polar surface area (TPSA) is 112 Å². The molecule has 1 amide bonds. The van der Waals surface area contributed by atoms with Gasteiger partial charge in [0.15, 0.2) is 10.4 Å². The van der Waals surface area contributed by atoms with Gasteiger partial charge in [0.2, 0.25) is 10.0 Å². The molecule has 1 aromatic rings. The van der Waals surface area contributed by atoms with E-state index < -0.39 is 15.9 Å². The molecule has 0 radical (unpaired) electrons. The molecule has 20 heavy (non-hydrogen) atoms. The SMILES string of the molecule is CC(C)COCCNC(=O)c1cc(S(N)(=O)=O)c(Br)o1. The van der Waals surface area contributed by atoms with E-state index in [1.165, 1.54) is 0 Å². The summed E-state index contributed by atoms with van der Waals surface area (Å²) >= 11 is 2.90. The minimum atomic E-state index is -3.93. The molecule has 0 aliphatic carbocycles. The Bertz CT molecular complexity index is 567. The van der Waals surface area contributed by atoms with Gasteiger partial charge < -0.3 is 14.5 Å². The highest BCUT2D eigenvalue weighted by Gasteiger charge is 2.21. The molecule has 0 unspecified atom stereocenters. The molecular formula is C11H17BrN2O5S. The van der Waals surface area contributed by atoms with E-state index in [1.807, 2.05) is 13.8 Å². The van der Waals surface area contributed by atoms with E-state index in [4.69, 9.17) is 14.3 Å². The third-order valence-electron chi connectivity index (χ3n) is 2.17. The highest BCUT2D eigenvalue weighted by molar-refractivity contribution is 9.10. The molecule has 1 heterocycles. The van der Waals surface area contributed by atoms with Crippen molar-refractivity contribution in [1.29, 1.82) is 0 Å². The van der Waals surface area contributed by atoms with Crippen molar-refractivity contribution in [2.75, 3.05) is 19.8 Å². The predicted molar refractivity (Wildman–Crippen MR) is 75.8 cm³/mol. The second-order valence-corrected chi connectivity index (χ2v) is 6.77. The van der Waals surface area contributed by atoms with Crippen LogP contribution in [0.4, 0.5) is 0 Å². The van der Waals surface area contributed by atoms with Crippen molar-refractivity contribution < 1.29 is 22.4 Å². The number of nitrogens with two attached hydrogens (primary N) is 1. The van der Waals surface area contributed by atoms with Crippen molar-refractivity contribution in [3.05, 3.63) is 16.5 Å². The number of carbonyl (C=O) groups is 1. The van der Waals surface area contributed by atoms with Crippen LogP contribution in [0.2, 0.25) is 0 Å². The Morgan fingerprint density at radius 1 is 1.55 bits per heavy atom. The minimum Gasteiger partial charge on any atom is -0.443 e. The summed E-state index contributed by atoms with van der Waals surface area (Å²) in [6.07, 6.45) is 0. The van der Waals surface area contributed by atoms with Gasteiger partial charge in [-0.3, -0.25) is 4.79 Å². The van der Waals surface area contributed by atoms with Gasteiger partial charge in [-0.25, -0.2) is 13.6 Å². The molecule has 0 saturated carbocycles. The lowest BCUT2D eigenvalue weighted by Crippen LogP contribution is -2.27. The van der Waals surface area contributed by atoms with Crippen LogP contribution >= 0.6 is 15.9 Å². The quantitative estimate of drug-likeness (QED) is 0.699. The van der Waals surface area contributed by atoms with Gasteiger partial charge in [0.25, 0.3) is 5.91 Å². The number of primary sulfonamides is 1. The van der Waals surface area contributed by atoms with Crippen molar-refractivity contribution in [1.82, 2.24) is 5.32 Å². The standard InChI is InChI=1S/C11H17BrN2O5S/c1-7(2)6-18-4-3-14-11(15)8-5-9(10(12)19-8)20(13,16)17/h5,7H,3-4,6H2,1-2H3,(H,14,15)(H2,13,16,17). The maximum atomic E-state index is 11.7. The fourth-order valence-corrected chi connectivity index (χ4v) is 2.80. The Morgan fingerprint density at radius 2 is 2.20 bits per heavy atom. The van der Waals surface area contributed by atoms with Crippen LogP contribution in [-0.4, -0.2) is 34.1 Å². The second-order valence-electron chi connectivity index (χ2n) is 4.52. The lowest BCUT2D eigenvalue weighted by Gasteiger charge is -2.07. The molecule has 0 fully saturated rings. The van der Waals surface area contributed by atoms with E-state index >= 15 is 0 Å². The molecule has 9 heteroatoms. The highest BCUT2D eigenvalue weighted by atomic mass is 79.9. The first kappa shape index (κ1) is 17.2. The Labute approximate surface area is 126 Å². The Kier molecular flexibility index (Phi) is 6.18. The van der Waals surface area contributed by atoms with Crippen LogP contribution in [0.1, 0.15) is 24.4 Å². The summed E-state index contributed by atoms with van der Waals surface area (Å²) in [6.45, 7) is 5.32. The van der Waals surface area contributed by atoms with Crippen LogP contribution in [-0.2, 0) is 14.8 Å². The Morgan fingerprint density at radius 3 is 2.70 bits per heavy atom. The summed E-state index contributed by atoms with van der Waals surface area (Å²) in [6, 6.07) is 1.07.